The van der Waals surface area contributed by atoms with E-state index in [4.69, 9.17) is 5.73 Å². The molecule has 1 saturated carbocycles. The number of aliphatic carboxylic acids is 1. The van der Waals surface area contributed by atoms with E-state index in [2.05, 4.69) is 0 Å². The SMILES string of the molecule is CC1(C(=O)O)CCCN(C(=O)C2CCCCC2CN)C1. The van der Waals surface area contributed by atoms with Crippen molar-refractivity contribution in [3.05, 3.63) is 0 Å². The Morgan fingerprint density at radius 3 is 2.65 bits per heavy atom. The highest BCUT2D eigenvalue weighted by molar-refractivity contribution is 5.81. The van der Waals surface area contributed by atoms with Crippen LogP contribution in [0.15, 0.2) is 0 Å². The van der Waals surface area contributed by atoms with E-state index in [0.717, 1.165) is 32.1 Å². The Bertz CT molecular complexity index is 385. The van der Waals surface area contributed by atoms with Crippen molar-refractivity contribution in [2.45, 2.75) is 45.4 Å². The third kappa shape index (κ3) is 2.97. The lowest BCUT2D eigenvalue weighted by Crippen LogP contribution is -2.51. The molecular weight excluding hydrogens is 256 g/mol. The summed E-state index contributed by atoms with van der Waals surface area (Å²) in [5.74, 6) is -0.388. The minimum atomic E-state index is -0.797. The minimum absolute atomic E-state index is 0.00453. The first kappa shape index (κ1) is 15.3. The molecule has 1 amide bonds. The lowest BCUT2D eigenvalue weighted by Gasteiger charge is -2.41. The van der Waals surface area contributed by atoms with Gasteiger partial charge in [-0.05, 0) is 45.1 Å². The summed E-state index contributed by atoms with van der Waals surface area (Å²) in [7, 11) is 0. The van der Waals surface area contributed by atoms with E-state index in [9.17, 15) is 14.7 Å². The molecule has 114 valence electrons. The average Bonchev–Trinajstić information content (AvgIpc) is 2.46. The topological polar surface area (TPSA) is 83.6 Å². The molecule has 3 unspecified atom stereocenters. The van der Waals surface area contributed by atoms with Gasteiger partial charge in [-0.3, -0.25) is 9.59 Å². The van der Waals surface area contributed by atoms with Gasteiger partial charge in [0.15, 0.2) is 0 Å². The van der Waals surface area contributed by atoms with Crippen molar-refractivity contribution in [2.75, 3.05) is 19.6 Å². The highest BCUT2D eigenvalue weighted by Gasteiger charge is 2.42. The van der Waals surface area contributed by atoms with Gasteiger partial charge >= 0.3 is 5.97 Å². The molecule has 0 bridgehead atoms. The predicted octanol–water partition coefficient (Wildman–Crippen LogP) is 1.46. The molecular formula is C15H26N2O3. The summed E-state index contributed by atoms with van der Waals surface area (Å²) in [5, 5.41) is 9.35. The van der Waals surface area contributed by atoms with Crippen LogP contribution in [0.2, 0.25) is 0 Å². The van der Waals surface area contributed by atoms with Gasteiger partial charge in [-0.1, -0.05) is 12.8 Å². The second-order valence-corrected chi connectivity index (χ2v) is 6.62. The lowest BCUT2D eigenvalue weighted by molar-refractivity contribution is -0.155. The third-order valence-corrected chi connectivity index (χ3v) is 5.05. The van der Waals surface area contributed by atoms with E-state index in [-0.39, 0.29) is 17.7 Å². The summed E-state index contributed by atoms with van der Waals surface area (Å²) < 4.78 is 0. The number of nitrogens with two attached hydrogens (primary N) is 1. The van der Waals surface area contributed by atoms with E-state index in [1.807, 2.05) is 0 Å². The normalized spacial score (nSPS) is 34.8. The van der Waals surface area contributed by atoms with E-state index in [1.165, 1.54) is 0 Å². The second kappa shape index (κ2) is 6.12. The quantitative estimate of drug-likeness (QED) is 0.821. The van der Waals surface area contributed by atoms with Gasteiger partial charge in [0.1, 0.15) is 0 Å². The van der Waals surface area contributed by atoms with Gasteiger partial charge in [-0.25, -0.2) is 0 Å². The maximum atomic E-state index is 12.7. The zero-order valence-corrected chi connectivity index (χ0v) is 12.3. The first-order chi connectivity index (χ1) is 9.48. The van der Waals surface area contributed by atoms with Crippen LogP contribution in [0.5, 0.6) is 0 Å². The van der Waals surface area contributed by atoms with Crippen LogP contribution in [0.4, 0.5) is 0 Å². The number of carboxylic acids is 1. The van der Waals surface area contributed by atoms with Gasteiger partial charge in [0.25, 0.3) is 0 Å². The highest BCUT2D eigenvalue weighted by Crippen LogP contribution is 2.34. The standard InChI is InChI=1S/C15H26N2O3/c1-15(14(19)20)7-4-8-17(10-15)13(18)12-6-3-2-5-11(12)9-16/h11-12H,2-10,16H2,1H3,(H,19,20). The van der Waals surface area contributed by atoms with Crippen molar-refractivity contribution < 1.29 is 14.7 Å². The molecule has 0 aromatic carbocycles. The molecule has 1 aliphatic carbocycles. The van der Waals surface area contributed by atoms with Gasteiger partial charge < -0.3 is 15.7 Å². The van der Waals surface area contributed by atoms with Crippen LogP contribution in [0.3, 0.4) is 0 Å². The van der Waals surface area contributed by atoms with Gasteiger partial charge in [0.05, 0.1) is 5.41 Å². The Balaban J connectivity index is 2.06. The number of hydrogen-bond donors (Lipinski definition) is 2. The Kier molecular flexibility index (Phi) is 4.68. The first-order valence-corrected chi connectivity index (χ1v) is 7.70. The van der Waals surface area contributed by atoms with Crippen LogP contribution in [-0.2, 0) is 9.59 Å². The second-order valence-electron chi connectivity index (χ2n) is 6.62. The van der Waals surface area contributed by atoms with Crippen LogP contribution in [0.25, 0.3) is 0 Å². The first-order valence-electron chi connectivity index (χ1n) is 7.70. The van der Waals surface area contributed by atoms with E-state index in [1.54, 1.807) is 11.8 Å². The van der Waals surface area contributed by atoms with Crippen molar-refractivity contribution in [1.29, 1.82) is 0 Å². The van der Waals surface area contributed by atoms with Gasteiger partial charge in [-0.2, -0.15) is 0 Å². The number of likely N-dealkylation sites (tertiary alicyclic amines) is 1. The fourth-order valence-corrected chi connectivity index (χ4v) is 3.65. The Labute approximate surface area is 120 Å². The number of rotatable bonds is 3. The average molecular weight is 282 g/mol. The number of carboxylic acid groups (broad SMARTS) is 1. The summed E-state index contributed by atoms with van der Waals surface area (Å²) in [6.07, 6.45) is 5.58. The summed E-state index contributed by atoms with van der Waals surface area (Å²) in [4.78, 5) is 25.9. The van der Waals surface area contributed by atoms with Gasteiger partial charge in [0.2, 0.25) is 5.91 Å². The zero-order valence-electron chi connectivity index (χ0n) is 12.3. The zero-order chi connectivity index (χ0) is 14.8. The number of piperidine rings is 1. The Morgan fingerprint density at radius 2 is 2.00 bits per heavy atom. The van der Waals surface area contributed by atoms with Crippen molar-refractivity contribution in [1.82, 2.24) is 4.90 Å². The van der Waals surface area contributed by atoms with E-state index in [0.29, 0.717) is 26.1 Å². The van der Waals surface area contributed by atoms with Crippen molar-refractivity contribution in [3.8, 4) is 0 Å². The molecule has 0 radical (unpaired) electrons. The van der Waals surface area contributed by atoms with Crippen LogP contribution in [-0.4, -0.2) is 41.5 Å². The molecule has 5 nitrogen and oxygen atoms in total. The number of carbonyl (C=O) groups is 2. The molecule has 1 aliphatic heterocycles. The molecule has 0 aromatic rings. The molecule has 1 saturated heterocycles. The lowest BCUT2D eigenvalue weighted by atomic mass is 9.77. The molecule has 3 N–H and O–H groups in total. The maximum absolute atomic E-state index is 12.7. The monoisotopic (exact) mass is 282 g/mol. The maximum Gasteiger partial charge on any atom is 0.311 e. The Hall–Kier alpha value is -1.10. The van der Waals surface area contributed by atoms with Crippen molar-refractivity contribution in [3.63, 3.8) is 0 Å². The summed E-state index contributed by atoms with van der Waals surface area (Å²) >= 11 is 0. The van der Waals surface area contributed by atoms with Crippen molar-refractivity contribution >= 4 is 11.9 Å². The Morgan fingerprint density at radius 1 is 1.30 bits per heavy atom. The van der Waals surface area contributed by atoms with Crippen LogP contribution in [0.1, 0.15) is 45.4 Å². The molecule has 0 spiro atoms. The molecule has 3 atom stereocenters. The molecule has 0 aromatic heterocycles. The fraction of sp³-hybridized carbons (Fsp3) is 0.867. The van der Waals surface area contributed by atoms with Crippen LogP contribution in [0, 0.1) is 17.3 Å². The van der Waals surface area contributed by atoms with E-state index < -0.39 is 11.4 Å². The van der Waals surface area contributed by atoms with Crippen LogP contribution >= 0.6 is 0 Å². The molecule has 1 heterocycles. The molecule has 20 heavy (non-hydrogen) atoms. The summed E-state index contributed by atoms with van der Waals surface area (Å²) in [5.41, 5.74) is 5.01. The fourth-order valence-electron chi connectivity index (χ4n) is 3.65. The van der Waals surface area contributed by atoms with Crippen molar-refractivity contribution in [2.24, 2.45) is 23.0 Å². The summed E-state index contributed by atoms with van der Waals surface area (Å²) in [6, 6.07) is 0. The third-order valence-electron chi connectivity index (χ3n) is 5.05. The van der Waals surface area contributed by atoms with Crippen LogP contribution < -0.4 is 5.73 Å². The highest BCUT2D eigenvalue weighted by atomic mass is 16.4. The molecule has 2 rings (SSSR count). The molecule has 5 heteroatoms. The molecule has 2 aliphatic rings. The predicted molar refractivity (Wildman–Crippen MR) is 76.1 cm³/mol. The number of amides is 1. The number of carbonyl (C=O) groups excluding carboxylic acids is 1. The van der Waals surface area contributed by atoms with Gasteiger partial charge in [0, 0.05) is 19.0 Å². The largest absolute Gasteiger partial charge is 0.481 e. The minimum Gasteiger partial charge on any atom is -0.481 e. The van der Waals surface area contributed by atoms with E-state index >= 15 is 0 Å². The smallest absolute Gasteiger partial charge is 0.311 e. The number of hydrogen-bond acceptors (Lipinski definition) is 3. The van der Waals surface area contributed by atoms with Gasteiger partial charge in [-0.15, -0.1) is 0 Å². The molecule has 2 fully saturated rings. The number of nitrogens with zero attached hydrogens (tertiary/aromatic N) is 1. The summed E-state index contributed by atoms with van der Waals surface area (Å²) in [6.45, 7) is 3.33.